The molecule has 0 bridgehead atoms. The average Bonchev–Trinajstić information content (AvgIpc) is 2.58. The molecule has 0 radical (unpaired) electrons. The van der Waals surface area contributed by atoms with E-state index >= 15 is 0 Å². The van der Waals surface area contributed by atoms with Gasteiger partial charge in [0.05, 0.1) is 19.1 Å². The second-order valence-corrected chi connectivity index (χ2v) is 6.98. The van der Waals surface area contributed by atoms with Gasteiger partial charge >= 0.3 is 5.97 Å². The molecule has 0 fully saturated rings. The van der Waals surface area contributed by atoms with E-state index in [0.29, 0.717) is 6.29 Å². The molecule has 0 saturated carbocycles. The number of rotatable bonds is 7. The Hall–Kier alpha value is -2.89. The van der Waals surface area contributed by atoms with Crippen molar-refractivity contribution in [2.75, 3.05) is 7.11 Å². The van der Waals surface area contributed by atoms with Crippen LogP contribution in [0.5, 0.6) is 11.5 Å². The minimum Gasteiger partial charge on any atom is -0.492 e. The number of esters is 1. The summed E-state index contributed by atoms with van der Waals surface area (Å²) >= 11 is 0. The van der Waals surface area contributed by atoms with Crippen LogP contribution >= 0.6 is 0 Å². The van der Waals surface area contributed by atoms with Crippen molar-refractivity contribution in [1.29, 1.82) is 0 Å². The molecule has 5 nitrogen and oxygen atoms in total. The molecular weight excluding hydrogens is 351 g/mol. The number of methoxy groups -OCH3 is 1. The van der Waals surface area contributed by atoms with Crippen molar-refractivity contribution >= 4 is 12.3 Å². The maximum Gasteiger partial charge on any atom is 0.310 e. The van der Waals surface area contributed by atoms with Crippen molar-refractivity contribution in [2.45, 2.75) is 39.4 Å². The lowest BCUT2D eigenvalue weighted by atomic mass is 10.1. The van der Waals surface area contributed by atoms with Gasteiger partial charge < -0.3 is 14.2 Å². The molecule has 0 amide bonds. The van der Waals surface area contributed by atoms with E-state index in [9.17, 15) is 14.0 Å². The van der Waals surface area contributed by atoms with Crippen LogP contribution in [0.1, 0.15) is 42.3 Å². The Kier molecular flexibility index (Phi) is 6.55. The zero-order valence-corrected chi connectivity index (χ0v) is 15.9. The van der Waals surface area contributed by atoms with Crippen LogP contribution < -0.4 is 9.47 Å². The summed E-state index contributed by atoms with van der Waals surface area (Å²) in [7, 11) is 1.34. The highest BCUT2D eigenvalue weighted by molar-refractivity contribution is 5.81. The van der Waals surface area contributed by atoms with Gasteiger partial charge in [-0.3, -0.25) is 9.59 Å². The predicted molar refractivity (Wildman–Crippen MR) is 98.7 cm³/mol. The second-order valence-electron chi connectivity index (χ2n) is 6.98. The van der Waals surface area contributed by atoms with Crippen LogP contribution in [-0.2, 0) is 22.6 Å². The van der Waals surface area contributed by atoms with Crippen LogP contribution in [-0.4, -0.2) is 25.0 Å². The van der Waals surface area contributed by atoms with E-state index < -0.39 is 11.4 Å². The highest BCUT2D eigenvalue weighted by atomic mass is 19.1. The summed E-state index contributed by atoms with van der Waals surface area (Å²) in [5.74, 6) is -0.668. The molecule has 6 heteroatoms. The van der Waals surface area contributed by atoms with Crippen molar-refractivity contribution in [3.05, 3.63) is 58.9 Å². The Morgan fingerprint density at radius 1 is 1.15 bits per heavy atom. The molecule has 0 aromatic heterocycles. The van der Waals surface area contributed by atoms with Crippen molar-refractivity contribution in [1.82, 2.24) is 0 Å². The second kappa shape index (κ2) is 8.66. The number of carbonyl (C=O) groups is 2. The van der Waals surface area contributed by atoms with E-state index in [4.69, 9.17) is 14.2 Å². The fourth-order valence-electron chi connectivity index (χ4n) is 2.52. The summed E-state index contributed by atoms with van der Waals surface area (Å²) < 4.78 is 29.8. The summed E-state index contributed by atoms with van der Waals surface area (Å²) in [6.45, 7) is 5.62. The molecule has 144 valence electrons. The summed E-state index contributed by atoms with van der Waals surface area (Å²) in [4.78, 5) is 23.0. The average molecular weight is 374 g/mol. The van der Waals surface area contributed by atoms with Gasteiger partial charge in [-0.25, -0.2) is 4.39 Å². The van der Waals surface area contributed by atoms with Gasteiger partial charge in [0, 0.05) is 0 Å². The molecule has 0 aliphatic carbocycles. The zero-order chi connectivity index (χ0) is 20.0. The third-order valence-electron chi connectivity index (χ3n) is 3.58. The molecule has 2 aromatic rings. The molecule has 0 N–H and O–H groups in total. The van der Waals surface area contributed by atoms with Gasteiger partial charge in [0.25, 0.3) is 0 Å². The minimum absolute atomic E-state index is 0.0508. The minimum atomic E-state index is -0.673. The topological polar surface area (TPSA) is 61.8 Å². The van der Waals surface area contributed by atoms with E-state index in [0.717, 1.165) is 17.2 Å². The first-order chi connectivity index (χ1) is 12.7. The number of ether oxygens (including phenoxy) is 3. The summed E-state index contributed by atoms with van der Waals surface area (Å²) in [5.41, 5.74) is 0.890. The van der Waals surface area contributed by atoms with Gasteiger partial charge in [-0.1, -0.05) is 24.3 Å². The van der Waals surface area contributed by atoms with Crippen molar-refractivity contribution in [3.63, 3.8) is 0 Å². The lowest BCUT2D eigenvalue weighted by Crippen LogP contribution is -2.24. The van der Waals surface area contributed by atoms with Gasteiger partial charge in [0.2, 0.25) is 0 Å². The molecule has 0 spiro atoms. The molecular formula is C21H23FO5. The molecule has 0 saturated heterocycles. The van der Waals surface area contributed by atoms with Crippen LogP contribution in [0.4, 0.5) is 4.39 Å². The molecule has 2 aromatic carbocycles. The summed E-state index contributed by atoms with van der Waals surface area (Å²) in [6.07, 6.45) is 0.544. The van der Waals surface area contributed by atoms with E-state index in [1.165, 1.54) is 13.2 Å². The van der Waals surface area contributed by atoms with Gasteiger partial charge in [0.1, 0.15) is 18.0 Å². The summed E-state index contributed by atoms with van der Waals surface area (Å²) in [6, 6.07) is 9.88. The molecule has 0 heterocycles. The Morgan fingerprint density at radius 2 is 1.85 bits per heavy atom. The van der Waals surface area contributed by atoms with E-state index in [2.05, 4.69) is 0 Å². The van der Waals surface area contributed by atoms with Crippen LogP contribution in [0, 0.1) is 5.82 Å². The van der Waals surface area contributed by atoms with E-state index in [1.807, 2.05) is 45.0 Å². The lowest BCUT2D eigenvalue weighted by molar-refractivity contribution is -0.153. The number of hydrogen-bond acceptors (Lipinski definition) is 5. The quantitative estimate of drug-likeness (QED) is 0.539. The number of carbonyl (C=O) groups excluding carboxylic acids is 2. The van der Waals surface area contributed by atoms with Crippen molar-refractivity contribution in [3.8, 4) is 11.5 Å². The Balaban J connectivity index is 2.09. The Labute approximate surface area is 158 Å². The largest absolute Gasteiger partial charge is 0.492 e. The van der Waals surface area contributed by atoms with Gasteiger partial charge in [-0.2, -0.15) is 0 Å². The van der Waals surface area contributed by atoms with Crippen LogP contribution in [0.2, 0.25) is 0 Å². The SMILES string of the molecule is COc1c(OCc2cccc(CC(=O)OC(C)(C)C)c2)ccc(F)c1C=O. The summed E-state index contributed by atoms with van der Waals surface area (Å²) in [5, 5.41) is 0. The maximum absolute atomic E-state index is 13.7. The fraction of sp³-hybridized carbons (Fsp3) is 0.333. The van der Waals surface area contributed by atoms with Gasteiger partial charge in [-0.15, -0.1) is 0 Å². The lowest BCUT2D eigenvalue weighted by Gasteiger charge is -2.19. The molecule has 2 rings (SSSR count). The van der Waals surface area contributed by atoms with Crippen LogP contribution in [0.3, 0.4) is 0 Å². The highest BCUT2D eigenvalue weighted by Crippen LogP contribution is 2.32. The van der Waals surface area contributed by atoms with Gasteiger partial charge in [0.15, 0.2) is 17.8 Å². The third kappa shape index (κ3) is 5.81. The molecule has 0 atom stereocenters. The van der Waals surface area contributed by atoms with Crippen molar-refractivity contribution in [2.24, 2.45) is 0 Å². The monoisotopic (exact) mass is 374 g/mol. The van der Waals surface area contributed by atoms with Gasteiger partial charge in [-0.05, 0) is 44.0 Å². The van der Waals surface area contributed by atoms with E-state index in [-0.39, 0.29) is 36.1 Å². The molecule has 0 aliphatic heterocycles. The number of hydrogen-bond donors (Lipinski definition) is 0. The highest BCUT2D eigenvalue weighted by Gasteiger charge is 2.17. The molecule has 0 unspecified atom stereocenters. The number of benzene rings is 2. The fourth-order valence-corrected chi connectivity index (χ4v) is 2.52. The number of aldehydes is 1. The first kappa shape index (κ1) is 20.4. The number of halogens is 1. The van der Waals surface area contributed by atoms with Crippen LogP contribution in [0.25, 0.3) is 0 Å². The predicted octanol–water partition coefficient (Wildman–Crippen LogP) is 4.11. The third-order valence-corrected chi connectivity index (χ3v) is 3.58. The Bertz CT molecular complexity index is 824. The van der Waals surface area contributed by atoms with E-state index in [1.54, 1.807) is 0 Å². The smallest absolute Gasteiger partial charge is 0.310 e. The molecule has 27 heavy (non-hydrogen) atoms. The standard InChI is InChI=1S/C21H23FO5/c1-21(2,3)27-19(24)11-14-6-5-7-15(10-14)13-26-18-9-8-17(22)16(12-23)20(18)25-4/h5-10,12H,11,13H2,1-4H3. The normalized spacial score (nSPS) is 11.0. The van der Waals surface area contributed by atoms with Crippen molar-refractivity contribution < 1.29 is 28.2 Å². The first-order valence-corrected chi connectivity index (χ1v) is 8.47. The molecule has 0 aliphatic rings. The zero-order valence-electron chi connectivity index (χ0n) is 15.9. The Morgan fingerprint density at radius 3 is 2.48 bits per heavy atom. The van der Waals surface area contributed by atoms with Crippen LogP contribution in [0.15, 0.2) is 36.4 Å². The maximum atomic E-state index is 13.7. The first-order valence-electron chi connectivity index (χ1n) is 8.47.